The van der Waals surface area contributed by atoms with Crippen molar-refractivity contribution in [2.45, 2.75) is 38.8 Å². The van der Waals surface area contributed by atoms with Crippen LogP contribution in [0.5, 0.6) is 0 Å². The van der Waals surface area contributed by atoms with Crippen molar-refractivity contribution >= 4 is 5.91 Å². The second-order valence-electron chi connectivity index (χ2n) is 4.03. The van der Waals surface area contributed by atoms with Gasteiger partial charge in [-0.25, -0.2) is 0 Å². The molecular weight excluding hydrogens is 182 g/mol. The quantitative estimate of drug-likeness (QED) is 0.675. The maximum atomic E-state index is 11.8. The van der Waals surface area contributed by atoms with Gasteiger partial charge < -0.3 is 15.1 Å². The van der Waals surface area contributed by atoms with E-state index in [1.54, 1.807) is 4.90 Å². The summed E-state index contributed by atoms with van der Waals surface area (Å²) in [6, 6.07) is -0.188. The van der Waals surface area contributed by atoms with E-state index in [9.17, 15) is 9.90 Å². The number of amides is 1. The Hall–Kier alpha value is -0.610. The van der Waals surface area contributed by atoms with Crippen molar-refractivity contribution in [1.82, 2.24) is 4.90 Å². The molecule has 4 nitrogen and oxygen atoms in total. The Morgan fingerprint density at radius 3 is 2.79 bits per heavy atom. The number of aliphatic hydroxyl groups is 2. The molecule has 0 aromatic carbocycles. The van der Waals surface area contributed by atoms with Gasteiger partial charge in [-0.15, -0.1) is 0 Å². The monoisotopic (exact) mass is 201 g/mol. The maximum Gasteiger partial charge on any atom is 0.225 e. The molecule has 1 saturated heterocycles. The molecule has 4 heteroatoms. The van der Waals surface area contributed by atoms with Gasteiger partial charge in [0.1, 0.15) is 0 Å². The van der Waals surface area contributed by atoms with Crippen molar-refractivity contribution in [1.29, 1.82) is 0 Å². The Labute approximate surface area is 84.5 Å². The molecule has 0 spiro atoms. The Bertz CT molecular complexity index is 208. The van der Waals surface area contributed by atoms with Gasteiger partial charge in [0.25, 0.3) is 0 Å². The number of hydrogen-bond donors (Lipinski definition) is 2. The average molecular weight is 201 g/mol. The number of rotatable bonds is 3. The van der Waals surface area contributed by atoms with Gasteiger partial charge in [-0.2, -0.15) is 0 Å². The van der Waals surface area contributed by atoms with Crippen molar-refractivity contribution in [3.8, 4) is 0 Å². The van der Waals surface area contributed by atoms with E-state index >= 15 is 0 Å². The number of carbonyl (C=O) groups excluding carboxylic acids is 1. The molecule has 1 aliphatic heterocycles. The number of nitrogens with zero attached hydrogens (tertiary/aromatic N) is 1. The van der Waals surface area contributed by atoms with E-state index in [1.165, 1.54) is 0 Å². The highest BCUT2D eigenvalue weighted by Crippen LogP contribution is 2.20. The van der Waals surface area contributed by atoms with E-state index in [0.717, 1.165) is 6.42 Å². The second-order valence-corrected chi connectivity index (χ2v) is 4.03. The Kier molecular flexibility index (Phi) is 3.89. The number of β-amino-alcohol motifs (C(OH)–C–C–N with tert-alkyl or cyclic N) is 1. The lowest BCUT2D eigenvalue weighted by Gasteiger charge is -2.25. The van der Waals surface area contributed by atoms with Crippen LogP contribution in [0.3, 0.4) is 0 Å². The minimum absolute atomic E-state index is 0.0191. The minimum atomic E-state index is -0.472. The third-order valence-corrected chi connectivity index (χ3v) is 2.92. The van der Waals surface area contributed by atoms with Crippen LogP contribution in [0, 0.1) is 5.92 Å². The summed E-state index contributed by atoms with van der Waals surface area (Å²) in [5.41, 5.74) is 0. The first-order valence-electron chi connectivity index (χ1n) is 5.19. The molecule has 0 aromatic rings. The summed E-state index contributed by atoms with van der Waals surface area (Å²) in [5, 5.41) is 18.5. The first-order valence-corrected chi connectivity index (χ1v) is 5.19. The SMILES string of the molecule is CCC(C)C(=O)N1CC(O)CC1CO. The zero-order valence-corrected chi connectivity index (χ0v) is 8.81. The van der Waals surface area contributed by atoms with E-state index < -0.39 is 6.10 Å². The summed E-state index contributed by atoms with van der Waals surface area (Å²) in [4.78, 5) is 13.4. The molecule has 1 heterocycles. The smallest absolute Gasteiger partial charge is 0.225 e. The molecule has 1 fully saturated rings. The van der Waals surface area contributed by atoms with Crippen LogP contribution >= 0.6 is 0 Å². The average Bonchev–Trinajstić information content (AvgIpc) is 2.57. The summed E-state index contributed by atoms with van der Waals surface area (Å²) in [5.74, 6) is 0.0254. The summed E-state index contributed by atoms with van der Waals surface area (Å²) >= 11 is 0. The largest absolute Gasteiger partial charge is 0.394 e. The minimum Gasteiger partial charge on any atom is -0.394 e. The Morgan fingerprint density at radius 2 is 2.29 bits per heavy atom. The van der Waals surface area contributed by atoms with Crippen molar-refractivity contribution in [3.63, 3.8) is 0 Å². The van der Waals surface area contributed by atoms with Gasteiger partial charge in [-0.05, 0) is 12.8 Å². The normalized spacial score (nSPS) is 29.3. The van der Waals surface area contributed by atoms with Crippen LogP contribution in [0.1, 0.15) is 26.7 Å². The second kappa shape index (κ2) is 4.75. The molecule has 0 aromatic heterocycles. The van der Waals surface area contributed by atoms with E-state index in [-0.39, 0.29) is 24.5 Å². The van der Waals surface area contributed by atoms with Gasteiger partial charge in [0, 0.05) is 12.5 Å². The molecule has 14 heavy (non-hydrogen) atoms. The fraction of sp³-hybridized carbons (Fsp3) is 0.900. The molecule has 0 radical (unpaired) electrons. The van der Waals surface area contributed by atoms with E-state index in [2.05, 4.69) is 0 Å². The molecule has 3 atom stereocenters. The topological polar surface area (TPSA) is 60.8 Å². The Balaban J connectivity index is 2.62. The molecule has 2 N–H and O–H groups in total. The van der Waals surface area contributed by atoms with Crippen molar-refractivity contribution in [2.24, 2.45) is 5.92 Å². The van der Waals surface area contributed by atoms with Crippen LogP contribution in [0.25, 0.3) is 0 Å². The van der Waals surface area contributed by atoms with E-state index in [0.29, 0.717) is 13.0 Å². The van der Waals surface area contributed by atoms with Crippen LogP contribution < -0.4 is 0 Å². The third-order valence-electron chi connectivity index (χ3n) is 2.92. The van der Waals surface area contributed by atoms with Crippen LogP contribution in [-0.2, 0) is 4.79 Å². The van der Waals surface area contributed by atoms with Crippen molar-refractivity contribution < 1.29 is 15.0 Å². The van der Waals surface area contributed by atoms with Crippen molar-refractivity contribution in [2.75, 3.05) is 13.2 Å². The first-order chi connectivity index (χ1) is 6.60. The van der Waals surface area contributed by atoms with Gasteiger partial charge >= 0.3 is 0 Å². The molecule has 0 aliphatic carbocycles. The molecule has 82 valence electrons. The highest BCUT2D eigenvalue weighted by atomic mass is 16.3. The third kappa shape index (κ3) is 2.25. The summed E-state index contributed by atoms with van der Waals surface area (Å²) in [7, 11) is 0. The van der Waals surface area contributed by atoms with Crippen LogP contribution in [-0.4, -0.2) is 46.3 Å². The zero-order valence-electron chi connectivity index (χ0n) is 8.81. The fourth-order valence-corrected chi connectivity index (χ4v) is 1.79. The van der Waals surface area contributed by atoms with Crippen LogP contribution in [0.15, 0.2) is 0 Å². The number of carbonyl (C=O) groups is 1. The predicted molar refractivity (Wildman–Crippen MR) is 52.7 cm³/mol. The molecule has 1 amide bonds. The van der Waals surface area contributed by atoms with Crippen molar-refractivity contribution in [3.05, 3.63) is 0 Å². The van der Waals surface area contributed by atoms with Crippen LogP contribution in [0.2, 0.25) is 0 Å². The fourth-order valence-electron chi connectivity index (χ4n) is 1.79. The van der Waals surface area contributed by atoms with E-state index in [4.69, 9.17) is 5.11 Å². The summed E-state index contributed by atoms with van der Waals surface area (Å²) < 4.78 is 0. The number of aliphatic hydroxyl groups excluding tert-OH is 2. The van der Waals surface area contributed by atoms with Gasteiger partial charge in [-0.3, -0.25) is 4.79 Å². The Morgan fingerprint density at radius 1 is 1.64 bits per heavy atom. The predicted octanol–water partition coefficient (Wildman–Crippen LogP) is -0.0134. The molecule has 1 rings (SSSR count). The highest BCUT2D eigenvalue weighted by Gasteiger charge is 2.34. The van der Waals surface area contributed by atoms with Gasteiger partial charge in [0.05, 0.1) is 18.8 Å². The van der Waals surface area contributed by atoms with E-state index in [1.807, 2.05) is 13.8 Å². The number of hydrogen-bond acceptors (Lipinski definition) is 3. The molecule has 1 aliphatic rings. The van der Waals surface area contributed by atoms with Gasteiger partial charge in [0.15, 0.2) is 0 Å². The lowest BCUT2D eigenvalue weighted by molar-refractivity contribution is -0.136. The molecule has 3 unspecified atom stereocenters. The molecule has 0 saturated carbocycles. The summed E-state index contributed by atoms with van der Waals surface area (Å²) in [6.45, 7) is 4.15. The first kappa shape index (κ1) is 11.5. The van der Waals surface area contributed by atoms with Gasteiger partial charge in [0.2, 0.25) is 5.91 Å². The lowest BCUT2D eigenvalue weighted by Crippen LogP contribution is -2.40. The molecular formula is C10H19NO3. The summed E-state index contributed by atoms with van der Waals surface area (Å²) in [6.07, 6.45) is 0.822. The lowest BCUT2D eigenvalue weighted by atomic mass is 10.1. The standard InChI is InChI=1S/C10H19NO3/c1-3-7(2)10(14)11-5-9(13)4-8(11)6-12/h7-9,12-13H,3-6H2,1-2H3. The number of likely N-dealkylation sites (tertiary alicyclic amines) is 1. The zero-order chi connectivity index (χ0) is 10.7. The molecule has 0 bridgehead atoms. The van der Waals surface area contributed by atoms with Gasteiger partial charge in [-0.1, -0.05) is 13.8 Å². The maximum absolute atomic E-state index is 11.8. The van der Waals surface area contributed by atoms with Crippen LogP contribution in [0.4, 0.5) is 0 Å². The highest BCUT2D eigenvalue weighted by molar-refractivity contribution is 5.79.